The highest BCUT2D eigenvalue weighted by Crippen LogP contribution is 2.36. The second kappa shape index (κ2) is 35.5. The van der Waals surface area contributed by atoms with E-state index in [9.17, 15) is 76.7 Å². The van der Waals surface area contributed by atoms with E-state index in [-0.39, 0.29) is 94.5 Å². The molecule has 3 aromatic heterocycles. The Bertz CT molecular complexity index is 4380. The van der Waals surface area contributed by atoms with Crippen LogP contribution in [-0.2, 0) is 23.7 Å². The number of esters is 3. The number of nitrogens with one attached hydrogen (secondary N) is 2. The van der Waals surface area contributed by atoms with Crippen LogP contribution in [0.5, 0.6) is 0 Å². The number of rotatable bonds is 14. The van der Waals surface area contributed by atoms with Gasteiger partial charge in [0, 0.05) is 34.9 Å². The first-order valence-electron chi connectivity index (χ1n) is 29.3. The fourth-order valence-electron chi connectivity index (χ4n) is 8.40. The summed E-state index contributed by atoms with van der Waals surface area (Å²) in [5.41, 5.74) is -4.67. The quantitative estimate of drug-likeness (QED) is 0.0451. The number of carbonyl (C=O) groups is 5. The summed E-state index contributed by atoms with van der Waals surface area (Å²) in [5, 5.41) is 4.59. The van der Waals surface area contributed by atoms with Crippen molar-refractivity contribution < 1.29 is 100 Å². The molecule has 0 aliphatic carbocycles. The van der Waals surface area contributed by atoms with Crippen LogP contribution in [-0.4, -0.2) is 76.1 Å². The summed E-state index contributed by atoms with van der Waals surface area (Å²) in [4.78, 5) is 73.6. The minimum atomic E-state index is -1.18. The van der Waals surface area contributed by atoms with Crippen LogP contribution in [0.4, 0.5) is 91.0 Å². The monoisotopic (exact) mass is 1420 g/mol. The molecule has 16 nitrogen and oxygen atoms in total. The number of hydrogen-bond donors (Lipinski definition) is 2. The number of ether oxygens (including phenoxy) is 5. The smallest absolute Gasteiger partial charge is 0.420 e. The van der Waals surface area contributed by atoms with Gasteiger partial charge in [0.2, 0.25) is 0 Å². The maximum Gasteiger partial charge on any atom is 0.420 e. The second-order valence-electron chi connectivity index (χ2n) is 22.1. The van der Waals surface area contributed by atoms with Crippen LogP contribution in [0.3, 0.4) is 0 Å². The average Bonchev–Trinajstić information content (AvgIpc) is 0.778. The van der Waals surface area contributed by atoms with Gasteiger partial charge in [0.25, 0.3) is 0 Å². The molecule has 6 aromatic carbocycles. The lowest BCUT2D eigenvalue weighted by molar-refractivity contribution is 0.0517. The summed E-state index contributed by atoms with van der Waals surface area (Å²) in [6, 6.07) is 25.6. The number of carbonyl (C=O) groups excluding carboxylic acids is 5. The minimum absolute atomic E-state index is 0. The Morgan fingerprint density at radius 3 is 1.18 bits per heavy atom. The molecule has 0 spiro atoms. The van der Waals surface area contributed by atoms with Crippen molar-refractivity contribution in [3.05, 3.63) is 237 Å². The van der Waals surface area contributed by atoms with E-state index in [1.807, 2.05) is 5.32 Å². The van der Waals surface area contributed by atoms with E-state index in [1.165, 1.54) is 42.5 Å². The number of hydrogen-bond acceptors (Lipinski definition) is 14. The molecule has 29 heteroatoms. The van der Waals surface area contributed by atoms with Crippen LogP contribution in [0.2, 0.25) is 5.15 Å². The van der Waals surface area contributed by atoms with Crippen LogP contribution in [0.1, 0.15) is 101 Å². The van der Waals surface area contributed by atoms with Crippen LogP contribution in [0.15, 0.2) is 146 Å². The number of anilines is 5. The Morgan fingerprint density at radius 1 is 0.430 bits per heavy atom. The second-order valence-corrected chi connectivity index (χ2v) is 22.4. The summed E-state index contributed by atoms with van der Waals surface area (Å²) in [6.45, 7) is 14.7. The lowest BCUT2D eigenvalue weighted by atomic mass is 10.0. The molecule has 0 fully saturated rings. The van der Waals surface area contributed by atoms with Crippen molar-refractivity contribution in [3.8, 4) is 33.8 Å². The van der Waals surface area contributed by atoms with Gasteiger partial charge in [-0.3, -0.25) is 5.32 Å². The highest BCUT2D eigenvalue weighted by molar-refractivity contribution is 6.29. The van der Waals surface area contributed by atoms with E-state index in [1.54, 1.807) is 62.3 Å². The minimum Gasteiger partial charge on any atom is -0.462 e. The molecule has 0 saturated heterocycles. The van der Waals surface area contributed by atoms with Crippen molar-refractivity contribution in [1.29, 1.82) is 0 Å². The van der Waals surface area contributed by atoms with Crippen LogP contribution in [0.25, 0.3) is 33.8 Å². The van der Waals surface area contributed by atoms with Gasteiger partial charge < -0.3 is 29.0 Å². The van der Waals surface area contributed by atoms with Gasteiger partial charge in [-0.15, -0.1) is 0 Å². The van der Waals surface area contributed by atoms with Crippen molar-refractivity contribution in [2.24, 2.45) is 0 Å². The summed E-state index contributed by atoms with van der Waals surface area (Å²) in [7, 11) is 0. The van der Waals surface area contributed by atoms with E-state index >= 15 is 0 Å². The van der Waals surface area contributed by atoms with E-state index in [4.69, 9.17) is 35.3 Å². The third-order valence-corrected chi connectivity index (χ3v) is 12.7. The number of amides is 2. The first-order chi connectivity index (χ1) is 46.6. The Hall–Kier alpha value is -11.0. The molecule has 0 bridgehead atoms. The summed E-state index contributed by atoms with van der Waals surface area (Å²) in [5.74, 6) is -13.5. The zero-order valence-electron chi connectivity index (χ0n) is 53.8. The molecule has 0 saturated carbocycles. The van der Waals surface area contributed by atoms with Crippen molar-refractivity contribution in [2.45, 2.75) is 80.9 Å². The van der Waals surface area contributed by atoms with E-state index in [2.05, 4.69) is 20.3 Å². The molecule has 0 aliphatic heterocycles. The molecule has 0 radical (unpaired) electrons. The van der Waals surface area contributed by atoms with Gasteiger partial charge >= 0.3 is 30.1 Å². The van der Waals surface area contributed by atoms with Crippen molar-refractivity contribution in [1.82, 2.24) is 15.0 Å². The van der Waals surface area contributed by atoms with E-state index < -0.39 is 128 Å². The summed E-state index contributed by atoms with van der Waals surface area (Å²) >= 11 is 5.77. The maximum absolute atomic E-state index is 14.7. The predicted molar refractivity (Wildman–Crippen MR) is 349 cm³/mol. The summed E-state index contributed by atoms with van der Waals surface area (Å²) in [6.07, 6.45) is -2.07. The van der Waals surface area contributed by atoms with Crippen molar-refractivity contribution >= 4 is 70.4 Å². The maximum atomic E-state index is 14.7. The SMILES string of the molecule is C.CC(C)(C)OC(=O)Nc1c(F)cccc1F.CCOC(=O)c1ccc(Cl)nc1-c1ccc(F)cc1F.CCOC(=O)c1ccc(N(C(=O)OC(C)(C)C)c2c(F)cccc2F)nc1-c1ccc(F)cc1F.CCOC(=O)c1ccc(Nc2c(F)cccc2F)nc1-c1ccc(F)cc1F. The molecule has 9 rings (SSSR count). The number of nitrogens with zero attached hydrogens (tertiary/aromatic N) is 4. The van der Waals surface area contributed by atoms with Crippen LogP contribution in [0, 0.1) is 69.8 Å². The Labute approximate surface area is 570 Å². The van der Waals surface area contributed by atoms with Crippen molar-refractivity contribution in [2.75, 3.05) is 35.4 Å². The van der Waals surface area contributed by atoms with Gasteiger partial charge in [-0.2, -0.15) is 0 Å². The average molecular weight is 1420 g/mol. The van der Waals surface area contributed by atoms with Crippen LogP contribution >= 0.6 is 11.6 Å². The normalized spacial score (nSPS) is 10.7. The van der Waals surface area contributed by atoms with Gasteiger partial charge in [0.1, 0.15) is 115 Å². The zero-order valence-corrected chi connectivity index (χ0v) is 54.5. The fourth-order valence-corrected chi connectivity index (χ4v) is 8.54. The van der Waals surface area contributed by atoms with E-state index in [0.29, 0.717) is 23.1 Å². The lowest BCUT2D eigenvalue weighted by Gasteiger charge is -2.27. The lowest BCUT2D eigenvalue weighted by Crippen LogP contribution is -2.35. The largest absolute Gasteiger partial charge is 0.462 e. The topological polar surface area (TPSA) is 197 Å². The number of aromatic nitrogens is 3. The number of benzene rings is 6. The highest BCUT2D eigenvalue weighted by Gasteiger charge is 2.33. The van der Waals surface area contributed by atoms with Gasteiger partial charge in [-0.1, -0.05) is 37.2 Å². The molecule has 2 N–H and O–H groups in total. The number of para-hydroxylation sites is 3. The third kappa shape index (κ3) is 21.7. The fraction of sp³-hybridized carbons (Fsp3) is 0.211. The molecule has 9 aromatic rings. The standard InChI is InChI=1S/C25H22F4N2O4.C20H14F4N2O2.C14H10ClF2NO2.C11H13F2NO2.CH4/c1-5-34-23(32)16-11-12-20(30-21(16)15-10-9-14(26)13-19(15)29)31(24(33)35-25(2,3)4)22-17(27)7-6-8-18(22)28;1-2-28-20(27)13-8-9-17(26-19-14(22)4-3-5-15(19)23)25-18(13)12-7-6-11(21)10-16(12)24;1-2-20-14(19)10-5-6-12(15)18-13(10)9-4-3-8(16)7-11(9)17;1-11(2,3)16-10(15)14-9-7(12)5-4-6-8(9)13;/h6-13H,5H2,1-4H3;3-10H,2H2,1H3,(H,25,26);3-7H,2H2,1H3;4-6H,1-3H3,(H,14,15);1H4. The zero-order chi connectivity index (χ0) is 73.2. The van der Waals surface area contributed by atoms with Crippen LogP contribution < -0.4 is 15.5 Å². The van der Waals surface area contributed by atoms with E-state index in [0.717, 1.165) is 84.9 Å². The highest BCUT2D eigenvalue weighted by atomic mass is 35.5. The Morgan fingerprint density at radius 2 is 0.790 bits per heavy atom. The molecule has 0 atom stereocenters. The molecule has 0 aliphatic rings. The molecule has 3 heterocycles. The molecular weight excluding hydrogens is 1360 g/mol. The molecule has 2 amide bonds. The predicted octanol–water partition coefficient (Wildman–Crippen LogP) is 19.6. The summed E-state index contributed by atoms with van der Waals surface area (Å²) < 4.78 is 191. The third-order valence-electron chi connectivity index (χ3n) is 12.5. The molecular formula is C71H63ClF12N6O10. The first-order valence-corrected chi connectivity index (χ1v) is 29.7. The Kier molecular flexibility index (Phi) is 28.3. The molecule has 528 valence electrons. The van der Waals surface area contributed by atoms with Gasteiger partial charge in [-0.05, 0) is 172 Å². The first kappa shape index (κ1) is 79.7. The number of pyridine rings is 3. The van der Waals surface area contributed by atoms with Gasteiger partial charge in [0.05, 0.1) is 53.6 Å². The van der Waals surface area contributed by atoms with Gasteiger partial charge in [-0.25, -0.2) is 96.5 Å². The molecule has 0 unspecified atom stereocenters. The molecule has 100 heavy (non-hydrogen) atoms. The van der Waals surface area contributed by atoms with Gasteiger partial charge in [0.15, 0.2) is 0 Å². The van der Waals surface area contributed by atoms with Crippen molar-refractivity contribution in [3.63, 3.8) is 0 Å². The Balaban J connectivity index is 0.000000249. The number of halogens is 13.